The third-order valence-corrected chi connectivity index (χ3v) is 2.73. The Morgan fingerprint density at radius 1 is 1.24 bits per heavy atom. The molecule has 0 bridgehead atoms. The molecule has 0 atom stereocenters. The molecule has 2 aromatic rings. The Kier molecular flexibility index (Phi) is 3.37. The molecule has 0 saturated carbocycles. The zero-order chi connectivity index (χ0) is 12.4. The first kappa shape index (κ1) is 12.0. The lowest BCUT2D eigenvalue weighted by molar-refractivity contribution is 0.827. The Hall–Kier alpha value is -1.50. The smallest absolute Gasteiger partial charge is 0.0793 e. The van der Waals surface area contributed by atoms with E-state index >= 15 is 0 Å². The van der Waals surface area contributed by atoms with E-state index in [2.05, 4.69) is 11.2 Å². The fraction of sp³-hybridized carbons (Fsp3) is 0.167. The molecule has 5 heteroatoms. The summed E-state index contributed by atoms with van der Waals surface area (Å²) in [7, 11) is 0. The normalized spacial score (nSPS) is 10.2. The zero-order valence-corrected chi connectivity index (χ0v) is 10.6. The quantitative estimate of drug-likeness (QED) is 0.834. The van der Waals surface area contributed by atoms with Crippen molar-refractivity contribution in [3.05, 3.63) is 45.7 Å². The lowest BCUT2D eigenvalue weighted by Crippen LogP contribution is -1.99. The molecule has 1 heterocycles. The van der Waals surface area contributed by atoms with Gasteiger partial charge in [-0.05, 0) is 31.2 Å². The van der Waals surface area contributed by atoms with Gasteiger partial charge in [0, 0.05) is 15.7 Å². The molecule has 0 N–H and O–H groups in total. The Balaban J connectivity index is 2.49. The van der Waals surface area contributed by atoms with E-state index in [1.165, 1.54) is 0 Å². The summed E-state index contributed by atoms with van der Waals surface area (Å²) in [6, 6.07) is 9.17. The van der Waals surface area contributed by atoms with Gasteiger partial charge in [-0.25, -0.2) is 4.68 Å². The molecule has 0 spiro atoms. The first-order valence-electron chi connectivity index (χ1n) is 4.99. The Bertz CT molecular complexity index is 576. The average Bonchev–Trinajstić information content (AvgIpc) is 2.58. The summed E-state index contributed by atoms with van der Waals surface area (Å²) in [5.74, 6) is 0. The first-order valence-corrected chi connectivity index (χ1v) is 5.74. The number of aryl methyl sites for hydroxylation is 1. The number of nitrogens with zero attached hydrogens (tertiary/aromatic N) is 3. The molecule has 0 saturated heterocycles. The number of benzene rings is 1. The van der Waals surface area contributed by atoms with Crippen LogP contribution < -0.4 is 0 Å². The van der Waals surface area contributed by atoms with Gasteiger partial charge < -0.3 is 0 Å². The lowest BCUT2D eigenvalue weighted by Gasteiger charge is -2.05. The highest BCUT2D eigenvalue weighted by Crippen LogP contribution is 2.22. The minimum absolute atomic E-state index is 0.294. The van der Waals surface area contributed by atoms with Gasteiger partial charge in [0.1, 0.15) is 0 Å². The lowest BCUT2D eigenvalue weighted by atomic mass is 10.3. The summed E-state index contributed by atoms with van der Waals surface area (Å²) in [6.45, 7) is 1.92. The third kappa shape index (κ3) is 2.60. The largest absolute Gasteiger partial charge is 0.238 e. The standard InChI is InChI=1S/C12H9Cl2N3/c1-8-4-11(2-3-15)16-17(8)12-6-9(13)5-10(14)7-12/h4-7H,2H2,1H3. The summed E-state index contributed by atoms with van der Waals surface area (Å²) >= 11 is 11.9. The van der Waals surface area contributed by atoms with Crippen molar-refractivity contribution >= 4 is 23.2 Å². The molecule has 1 aromatic carbocycles. The van der Waals surface area contributed by atoms with Gasteiger partial charge in [-0.3, -0.25) is 0 Å². The van der Waals surface area contributed by atoms with Crippen molar-refractivity contribution < 1.29 is 0 Å². The van der Waals surface area contributed by atoms with E-state index < -0.39 is 0 Å². The second-order valence-electron chi connectivity index (χ2n) is 3.65. The van der Waals surface area contributed by atoms with Gasteiger partial charge in [-0.1, -0.05) is 23.2 Å². The molecule has 2 rings (SSSR count). The fourth-order valence-electron chi connectivity index (χ4n) is 1.63. The minimum atomic E-state index is 0.294. The molecular weight excluding hydrogens is 257 g/mol. The molecule has 0 fully saturated rings. The van der Waals surface area contributed by atoms with Crippen LogP contribution in [-0.2, 0) is 6.42 Å². The van der Waals surface area contributed by atoms with Gasteiger partial charge >= 0.3 is 0 Å². The molecule has 86 valence electrons. The van der Waals surface area contributed by atoms with E-state index in [0.717, 1.165) is 17.1 Å². The number of halogens is 2. The first-order chi connectivity index (χ1) is 8.10. The molecule has 1 aromatic heterocycles. The van der Waals surface area contributed by atoms with Crippen LogP contribution in [0.25, 0.3) is 5.69 Å². The van der Waals surface area contributed by atoms with Gasteiger partial charge in [-0.2, -0.15) is 10.4 Å². The highest BCUT2D eigenvalue weighted by Gasteiger charge is 2.07. The second kappa shape index (κ2) is 4.79. The Morgan fingerprint density at radius 3 is 2.47 bits per heavy atom. The molecule has 0 unspecified atom stereocenters. The summed E-state index contributed by atoms with van der Waals surface area (Å²) in [5, 5.41) is 14.1. The maximum Gasteiger partial charge on any atom is 0.0793 e. The van der Waals surface area contributed by atoms with Crippen molar-refractivity contribution in [2.45, 2.75) is 13.3 Å². The molecule has 0 amide bonds. The molecule has 0 aliphatic heterocycles. The van der Waals surface area contributed by atoms with Crippen LogP contribution in [-0.4, -0.2) is 9.78 Å². The summed E-state index contributed by atoms with van der Waals surface area (Å²) in [5.41, 5.74) is 2.47. The Labute approximate surface area is 109 Å². The maximum absolute atomic E-state index is 8.64. The van der Waals surface area contributed by atoms with Crippen LogP contribution in [0.2, 0.25) is 10.0 Å². The highest BCUT2D eigenvalue weighted by atomic mass is 35.5. The average molecular weight is 266 g/mol. The third-order valence-electron chi connectivity index (χ3n) is 2.29. The topological polar surface area (TPSA) is 41.6 Å². The van der Waals surface area contributed by atoms with E-state index in [0.29, 0.717) is 16.5 Å². The number of nitriles is 1. The van der Waals surface area contributed by atoms with Crippen LogP contribution in [0.4, 0.5) is 0 Å². The van der Waals surface area contributed by atoms with Crippen LogP contribution in [0.1, 0.15) is 11.4 Å². The van der Waals surface area contributed by atoms with Crippen LogP contribution in [0, 0.1) is 18.3 Å². The maximum atomic E-state index is 8.64. The molecular formula is C12H9Cl2N3. The number of aromatic nitrogens is 2. The summed E-state index contributed by atoms with van der Waals surface area (Å²) < 4.78 is 1.73. The van der Waals surface area contributed by atoms with Gasteiger partial charge in [0.2, 0.25) is 0 Å². The number of rotatable bonds is 2. The van der Waals surface area contributed by atoms with E-state index in [1.54, 1.807) is 22.9 Å². The van der Waals surface area contributed by atoms with Crippen molar-refractivity contribution in [3.63, 3.8) is 0 Å². The van der Waals surface area contributed by atoms with Crippen LogP contribution in [0.5, 0.6) is 0 Å². The van der Waals surface area contributed by atoms with E-state index in [-0.39, 0.29) is 0 Å². The van der Waals surface area contributed by atoms with Crippen molar-refractivity contribution in [2.24, 2.45) is 0 Å². The van der Waals surface area contributed by atoms with E-state index in [4.69, 9.17) is 28.5 Å². The summed E-state index contributed by atoms with van der Waals surface area (Å²) in [4.78, 5) is 0. The fourth-order valence-corrected chi connectivity index (χ4v) is 2.14. The zero-order valence-electron chi connectivity index (χ0n) is 9.11. The van der Waals surface area contributed by atoms with E-state index in [9.17, 15) is 0 Å². The molecule has 0 aliphatic carbocycles. The van der Waals surface area contributed by atoms with Gasteiger partial charge in [0.05, 0.1) is 23.9 Å². The minimum Gasteiger partial charge on any atom is -0.238 e. The monoisotopic (exact) mass is 265 g/mol. The van der Waals surface area contributed by atoms with Crippen molar-refractivity contribution in [1.82, 2.24) is 9.78 Å². The second-order valence-corrected chi connectivity index (χ2v) is 4.52. The van der Waals surface area contributed by atoms with Gasteiger partial charge in [0.15, 0.2) is 0 Å². The number of hydrogen-bond donors (Lipinski definition) is 0. The van der Waals surface area contributed by atoms with Crippen molar-refractivity contribution in [3.8, 4) is 11.8 Å². The van der Waals surface area contributed by atoms with Crippen molar-refractivity contribution in [1.29, 1.82) is 5.26 Å². The number of hydrogen-bond acceptors (Lipinski definition) is 2. The molecule has 17 heavy (non-hydrogen) atoms. The van der Waals surface area contributed by atoms with Crippen LogP contribution in [0.15, 0.2) is 24.3 Å². The molecule has 0 radical (unpaired) electrons. The predicted octanol–water partition coefficient (Wildman–Crippen LogP) is 3.55. The van der Waals surface area contributed by atoms with Crippen molar-refractivity contribution in [2.75, 3.05) is 0 Å². The van der Waals surface area contributed by atoms with Gasteiger partial charge in [-0.15, -0.1) is 0 Å². The SMILES string of the molecule is Cc1cc(CC#N)nn1-c1cc(Cl)cc(Cl)c1. The van der Waals surface area contributed by atoms with Crippen LogP contribution >= 0.6 is 23.2 Å². The predicted molar refractivity (Wildman–Crippen MR) is 67.6 cm³/mol. The molecule has 0 aliphatic rings. The molecule has 3 nitrogen and oxygen atoms in total. The van der Waals surface area contributed by atoms with Crippen LogP contribution in [0.3, 0.4) is 0 Å². The Morgan fingerprint density at radius 2 is 1.88 bits per heavy atom. The summed E-state index contributed by atoms with van der Waals surface area (Å²) in [6.07, 6.45) is 0.294. The van der Waals surface area contributed by atoms with Gasteiger partial charge in [0.25, 0.3) is 0 Å². The highest BCUT2D eigenvalue weighted by molar-refractivity contribution is 6.34. The van der Waals surface area contributed by atoms with E-state index in [1.807, 2.05) is 13.0 Å².